The highest BCUT2D eigenvalue weighted by atomic mass is 32.1. The van der Waals surface area contributed by atoms with E-state index in [4.69, 9.17) is 0 Å². The first kappa shape index (κ1) is 16.8. The Kier molecular flexibility index (Phi) is 4.69. The summed E-state index contributed by atoms with van der Waals surface area (Å²) in [5, 5.41) is 15.3. The van der Waals surface area contributed by atoms with Crippen molar-refractivity contribution in [2.24, 2.45) is 0 Å². The number of nitrogens with zero attached hydrogens (tertiary/aromatic N) is 1. The van der Waals surface area contributed by atoms with Gasteiger partial charge < -0.3 is 10.4 Å². The van der Waals surface area contributed by atoms with Crippen LogP contribution in [-0.2, 0) is 6.42 Å². The molecule has 130 valence electrons. The van der Waals surface area contributed by atoms with Gasteiger partial charge in [0.15, 0.2) is 0 Å². The number of phenols is 1. The molecule has 0 spiro atoms. The Balaban J connectivity index is 1.44. The molecule has 2 aromatic carbocycles. The lowest BCUT2D eigenvalue weighted by Gasteiger charge is -2.05. The van der Waals surface area contributed by atoms with Gasteiger partial charge in [-0.15, -0.1) is 22.7 Å². The molecular formula is C20H16N2O2S2. The number of benzene rings is 2. The predicted octanol–water partition coefficient (Wildman–Crippen LogP) is 4.70. The Hall–Kier alpha value is -2.70. The van der Waals surface area contributed by atoms with Gasteiger partial charge in [0.1, 0.15) is 10.8 Å². The zero-order valence-corrected chi connectivity index (χ0v) is 15.4. The summed E-state index contributed by atoms with van der Waals surface area (Å²) in [7, 11) is 0. The summed E-state index contributed by atoms with van der Waals surface area (Å²) in [4.78, 5) is 18.2. The number of hydrogen-bond donors (Lipinski definition) is 2. The van der Waals surface area contributed by atoms with Crippen molar-refractivity contribution >= 4 is 38.8 Å². The van der Waals surface area contributed by atoms with E-state index in [1.165, 1.54) is 0 Å². The van der Waals surface area contributed by atoms with Gasteiger partial charge in [-0.1, -0.05) is 18.2 Å². The second kappa shape index (κ2) is 7.27. The molecule has 4 nitrogen and oxygen atoms in total. The van der Waals surface area contributed by atoms with Crippen LogP contribution in [0.4, 0.5) is 0 Å². The molecule has 0 aliphatic rings. The lowest BCUT2D eigenvalue weighted by atomic mass is 10.1. The van der Waals surface area contributed by atoms with E-state index < -0.39 is 0 Å². The highest BCUT2D eigenvalue weighted by Gasteiger charge is 2.11. The van der Waals surface area contributed by atoms with Gasteiger partial charge in [-0.3, -0.25) is 4.79 Å². The van der Waals surface area contributed by atoms with Crippen LogP contribution in [-0.4, -0.2) is 22.5 Å². The summed E-state index contributed by atoms with van der Waals surface area (Å²) in [5.74, 6) is 0.161. The lowest BCUT2D eigenvalue weighted by Crippen LogP contribution is -2.25. The molecule has 2 aromatic heterocycles. The molecular weight excluding hydrogens is 364 g/mol. The molecule has 0 unspecified atom stereocenters. The van der Waals surface area contributed by atoms with Crippen molar-refractivity contribution in [3.8, 4) is 15.6 Å². The third-order valence-corrected chi connectivity index (χ3v) is 6.08. The van der Waals surface area contributed by atoms with E-state index in [0.717, 1.165) is 32.1 Å². The van der Waals surface area contributed by atoms with Crippen molar-refractivity contribution in [2.45, 2.75) is 6.42 Å². The molecule has 0 bridgehead atoms. The van der Waals surface area contributed by atoms with Crippen molar-refractivity contribution in [2.75, 3.05) is 6.54 Å². The smallest absolute Gasteiger partial charge is 0.251 e. The first-order chi connectivity index (χ1) is 12.7. The van der Waals surface area contributed by atoms with Crippen LogP contribution in [0.5, 0.6) is 5.75 Å². The van der Waals surface area contributed by atoms with Gasteiger partial charge in [0, 0.05) is 12.1 Å². The van der Waals surface area contributed by atoms with Crippen LogP contribution in [0, 0.1) is 0 Å². The largest absolute Gasteiger partial charge is 0.508 e. The van der Waals surface area contributed by atoms with Gasteiger partial charge in [-0.05, 0) is 53.8 Å². The molecule has 0 aliphatic carbocycles. The quantitative estimate of drug-likeness (QED) is 0.527. The monoisotopic (exact) mass is 380 g/mol. The average Bonchev–Trinajstić information content (AvgIpc) is 3.32. The molecule has 2 N–H and O–H groups in total. The van der Waals surface area contributed by atoms with E-state index in [1.54, 1.807) is 34.8 Å². The maximum absolute atomic E-state index is 12.4. The van der Waals surface area contributed by atoms with Crippen LogP contribution in [0.1, 0.15) is 15.9 Å². The Morgan fingerprint density at radius 3 is 2.73 bits per heavy atom. The second-order valence-corrected chi connectivity index (χ2v) is 7.83. The summed E-state index contributed by atoms with van der Waals surface area (Å²) in [5.41, 5.74) is 2.63. The summed E-state index contributed by atoms with van der Waals surface area (Å²) in [6, 6.07) is 16.7. The van der Waals surface area contributed by atoms with E-state index in [9.17, 15) is 9.90 Å². The molecule has 0 atom stereocenters. The number of rotatable bonds is 5. The summed E-state index contributed by atoms with van der Waals surface area (Å²) >= 11 is 3.27. The molecule has 0 saturated heterocycles. The minimum Gasteiger partial charge on any atom is -0.508 e. The minimum atomic E-state index is -0.0863. The van der Waals surface area contributed by atoms with Gasteiger partial charge in [0.2, 0.25) is 0 Å². The van der Waals surface area contributed by atoms with Gasteiger partial charge in [0.25, 0.3) is 5.91 Å². The summed E-state index contributed by atoms with van der Waals surface area (Å²) in [6.45, 7) is 0.546. The zero-order valence-electron chi connectivity index (χ0n) is 13.8. The van der Waals surface area contributed by atoms with Gasteiger partial charge in [-0.2, -0.15) is 0 Å². The Labute approximate surface area is 158 Å². The molecule has 1 amide bonds. The number of nitrogens with one attached hydrogen (secondary N) is 1. The van der Waals surface area contributed by atoms with Crippen LogP contribution in [0.2, 0.25) is 0 Å². The van der Waals surface area contributed by atoms with Crippen LogP contribution < -0.4 is 5.32 Å². The number of thiazole rings is 1. The number of amides is 1. The highest BCUT2D eigenvalue weighted by molar-refractivity contribution is 7.25. The van der Waals surface area contributed by atoms with Crippen LogP contribution in [0.15, 0.2) is 60.0 Å². The van der Waals surface area contributed by atoms with Crippen LogP contribution in [0.3, 0.4) is 0 Å². The van der Waals surface area contributed by atoms with E-state index in [0.29, 0.717) is 12.1 Å². The third-order valence-electron chi connectivity index (χ3n) is 4.02. The number of carbonyl (C=O) groups excluding carboxylic acids is 1. The summed E-state index contributed by atoms with van der Waals surface area (Å²) < 4.78 is 1.01. The SMILES string of the molecule is O=C(NCCc1ccc(O)cc1)c1ccc2nc(-c3cccs3)sc2c1. The second-order valence-electron chi connectivity index (χ2n) is 5.85. The van der Waals surface area contributed by atoms with Gasteiger partial charge in [-0.25, -0.2) is 4.98 Å². The topological polar surface area (TPSA) is 62.2 Å². The number of aromatic nitrogens is 1. The summed E-state index contributed by atoms with van der Waals surface area (Å²) in [6.07, 6.45) is 0.720. The van der Waals surface area contributed by atoms with Crippen molar-refractivity contribution in [1.82, 2.24) is 10.3 Å². The van der Waals surface area contributed by atoms with Crippen LogP contribution >= 0.6 is 22.7 Å². The van der Waals surface area contributed by atoms with E-state index >= 15 is 0 Å². The van der Waals surface area contributed by atoms with Crippen molar-refractivity contribution < 1.29 is 9.90 Å². The molecule has 6 heteroatoms. The first-order valence-corrected chi connectivity index (χ1v) is 9.89. The van der Waals surface area contributed by atoms with Gasteiger partial charge in [0.05, 0.1) is 15.1 Å². The van der Waals surface area contributed by atoms with Crippen molar-refractivity contribution in [3.05, 3.63) is 71.1 Å². The fraction of sp³-hybridized carbons (Fsp3) is 0.100. The molecule has 4 aromatic rings. The third kappa shape index (κ3) is 3.61. The average molecular weight is 380 g/mol. The Morgan fingerprint density at radius 1 is 1.12 bits per heavy atom. The van der Waals surface area contributed by atoms with Crippen molar-refractivity contribution in [3.63, 3.8) is 0 Å². The van der Waals surface area contributed by atoms with Crippen molar-refractivity contribution in [1.29, 1.82) is 0 Å². The molecule has 0 aliphatic heterocycles. The lowest BCUT2D eigenvalue weighted by molar-refractivity contribution is 0.0954. The minimum absolute atomic E-state index is 0.0863. The predicted molar refractivity (Wildman–Crippen MR) is 107 cm³/mol. The zero-order chi connectivity index (χ0) is 17.9. The number of hydrogen-bond acceptors (Lipinski definition) is 5. The maximum atomic E-state index is 12.4. The Morgan fingerprint density at radius 2 is 1.96 bits per heavy atom. The van der Waals surface area contributed by atoms with E-state index in [1.807, 2.05) is 41.8 Å². The standard InChI is InChI=1S/C20H16N2O2S2/c23-15-6-3-13(4-7-15)9-10-21-19(24)14-5-8-16-18(12-14)26-20(22-16)17-2-1-11-25-17/h1-8,11-12,23H,9-10H2,(H,21,24). The normalized spacial score (nSPS) is 10.9. The molecule has 0 fully saturated rings. The molecule has 26 heavy (non-hydrogen) atoms. The van der Waals surface area contributed by atoms with E-state index in [-0.39, 0.29) is 11.7 Å². The van der Waals surface area contributed by atoms with E-state index in [2.05, 4.69) is 16.4 Å². The number of carbonyl (C=O) groups is 1. The Bertz CT molecular complexity index is 1040. The van der Waals surface area contributed by atoms with Gasteiger partial charge >= 0.3 is 0 Å². The fourth-order valence-corrected chi connectivity index (χ4v) is 4.46. The number of aromatic hydroxyl groups is 1. The van der Waals surface area contributed by atoms with Crippen LogP contribution in [0.25, 0.3) is 20.1 Å². The fourth-order valence-electron chi connectivity index (χ4n) is 2.66. The number of fused-ring (bicyclic) bond motifs is 1. The maximum Gasteiger partial charge on any atom is 0.251 e. The first-order valence-electron chi connectivity index (χ1n) is 8.19. The number of thiophene rings is 1. The molecule has 2 heterocycles. The highest BCUT2D eigenvalue weighted by Crippen LogP contribution is 2.33. The number of phenolic OH excluding ortho intramolecular Hbond substituents is 1. The molecule has 0 radical (unpaired) electrons. The molecule has 0 saturated carbocycles. The molecule has 4 rings (SSSR count).